The number of fused-ring (bicyclic) bond motifs is 4. The van der Waals surface area contributed by atoms with Crippen molar-refractivity contribution < 1.29 is 26.8 Å². The Hall–Kier alpha value is -4.70. The number of rotatable bonds is 6. The molecule has 8 aromatic carbocycles. The standard InChI is InChI=1S/2C26H21O.C2H6Si.2ClH.Zr/c2*1-3-18-12-13-20-14-22(26-23-7-5-4-6-21(23)16-27-26)15-24(20)25(18)19-10-8-17(2)9-11-19;1-3-2;;;/h2*4-16H,3H2,1-2H3;1-2H3;2*1H;/q2*-1;;;;+2/p-2. The molecule has 0 atom stereocenters. The summed E-state index contributed by atoms with van der Waals surface area (Å²) >= 11 is -1.65. The maximum absolute atomic E-state index is 5.95. The van der Waals surface area contributed by atoms with Gasteiger partial charge in [-0.2, -0.15) is 0 Å². The van der Waals surface area contributed by atoms with Gasteiger partial charge in [0.15, 0.2) is 0 Å². The van der Waals surface area contributed by atoms with E-state index in [0.29, 0.717) is 0 Å². The summed E-state index contributed by atoms with van der Waals surface area (Å²) in [5.41, 5.74) is 12.7. The fourth-order valence-electron chi connectivity index (χ4n) is 8.06. The predicted octanol–water partition coefficient (Wildman–Crippen LogP) is 17.2. The van der Waals surface area contributed by atoms with E-state index in [2.05, 4.69) is 174 Å². The van der Waals surface area contributed by atoms with Crippen LogP contribution in [0.3, 0.4) is 0 Å². The van der Waals surface area contributed by atoms with Gasteiger partial charge in [0.05, 0.1) is 24.0 Å². The fourth-order valence-corrected chi connectivity index (χ4v) is 8.06. The van der Waals surface area contributed by atoms with Gasteiger partial charge in [0.2, 0.25) is 0 Å². The second-order valence-electron chi connectivity index (χ2n) is 15.7. The van der Waals surface area contributed by atoms with E-state index in [9.17, 15) is 0 Å². The Morgan fingerprint density at radius 1 is 0.517 bits per heavy atom. The summed E-state index contributed by atoms with van der Waals surface area (Å²) in [5, 5.41) is 9.75. The molecule has 10 aromatic rings. The van der Waals surface area contributed by atoms with Crippen LogP contribution in [0.4, 0.5) is 0 Å². The molecule has 2 nitrogen and oxygen atoms in total. The summed E-state index contributed by atoms with van der Waals surface area (Å²) in [7, 11) is 11.2. The van der Waals surface area contributed by atoms with E-state index >= 15 is 0 Å². The zero-order valence-electron chi connectivity index (χ0n) is 35.0. The van der Waals surface area contributed by atoms with Gasteiger partial charge in [-0.3, -0.25) is 0 Å². The Labute approximate surface area is 368 Å². The van der Waals surface area contributed by atoms with E-state index in [1.54, 1.807) is 0 Å². The van der Waals surface area contributed by atoms with Crippen molar-refractivity contribution >= 4 is 65.5 Å². The second-order valence-corrected chi connectivity index (χ2v) is 38.7. The summed E-state index contributed by atoms with van der Waals surface area (Å²) in [6.45, 7) is 13.0. The number of hydrogen-bond acceptors (Lipinski definition) is 2. The molecular formula is C54H48Cl2O2SiZr-2. The minimum absolute atomic E-state index is 0.224. The third-order valence-electron chi connectivity index (χ3n) is 11.3. The molecule has 0 bridgehead atoms. The molecule has 2 heterocycles. The summed E-state index contributed by atoms with van der Waals surface area (Å²) in [5.74, 6) is 1.91. The van der Waals surface area contributed by atoms with Crippen molar-refractivity contribution in [3.8, 4) is 44.9 Å². The minimum atomic E-state index is -1.65. The Morgan fingerprint density at radius 2 is 0.900 bits per heavy atom. The van der Waals surface area contributed by atoms with Gasteiger partial charge in [-0.25, -0.2) is 0 Å². The molecule has 0 aliphatic carbocycles. The van der Waals surface area contributed by atoms with Crippen molar-refractivity contribution in [3.05, 3.63) is 180 Å². The number of benzene rings is 6. The number of furan rings is 2. The molecule has 6 heteroatoms. The quantitative estimate of drug-likeness (QED) is 0.123. The predicted molar refractivity (Wildman–Crippen MR) is 258 cm³/mol. The Bertz CT molecular complexity index is 2900. The Morgan fingerprint density at radius 3 is 1.27 bits per heavy atom. The van der Waals surface area contributed by atoms with Crippen LogP contribution in [0.25, 0.3) is 88.0 Å². The van der Waals surface area contributed by atoms with Gasteiger partial charge in [-0.1, -0.05) is 156 Å². The van der Waals surface area contributed by atoms with Crippen LogP contribution in [-0.4, -0.2) is 5.43 Å². The normalized spacial score (nSPS) is 11.1. The second kappa shape index (κ2) is 18.5. The average Bonchev–Trinajstić information content (AvgIpc) is 4.08. The van der Waals surface area contributed by atoms with Crippen molar-refractivity contribution in [1.29, 1.82) is 0 Å². The molecule has 0 N–H and O–H groups in total. The monoisotopic (exact) mass is 916 g/mol. The van der Waals surface area contributed by atoms with Gasteiger partial charge < -0.3 is 8.83 Å². The van der Waals surface area contributed by atoms with E-state index in [0.717, 1.165) is 46.3 Å². The van der Waals surface area contributed by atoms with Crippen LogP contribution >= 0.6 is 17.0 Å². The van der Waals surface area contributed by atoms with Crippen LogP contribution in [0.1, 0.15) is 36.1 Å². The van der Waals surface area contributed by atoms with Crippen LogP contribution in [-0.2, 0) is 30.8 Å². The third kappa shape index (κ3) is 8.72. The molecule has 0 unspecified atom stereocenters. The summed E-state index contributed by atoms with van der Waals surface area (Å²) < 4.78 is 11.9. The molecular weight excluding hydrogens is 871 g/mol. The number of hydrogen-bond donors (Lipinski definition) is 0. The van der Waals surface area contributed by atoms with Gasteiger partial charge in [-0.05, 0) is 59.7 Å². The zero-order chi connectivity index (χ0) is 41.9. The molecule has 0 amide bonds. The first-order valence-corrected chi connectivity index (χ1v) is 33.2. The van der Waals surface area contributed by atoms with Crippen LogP contribution in [0.5, 0.6) is 0 Å². The van der Waals surface area contributed by atoms with Crippen molar-refractivity contribution in [2.75, 3.05) is 0 Å². The van der Waals surface area contributed by atoms with Crippen molar-refractivity contribution in [2.45, 2.75) is 53.6 Å². The van der Waals surface area contributed by atoms with E-state index in [1.807, 2.05) is 24.7 Å². The molecule has 10 rings (SSSR count). The first-order chi connectivity index (χ1) is 29.1. The van der Waals surface area contributed by atoms with Crippen molar-refractivity contribution in [1.82, 2.24) is 0 Å². The van der Waals surface area contributed by atoms with E-state index in [-0.39, 0.29) is 5.43 Å². The first kappa shape index (κ1) is 42.0. The molecule has 0 fully saturated rings. The van der Waals surface area contributed by atoms with Crippen LogP contribution < -0.4 is 0 Å². The van der Waals surface area contributed by atoms with E-state index in [4.69, 9.17) is 25.9 Å². The van der Waals surface area contributed by atoms with Crippen LogP contribution in [0, 0.1) is 13.8 Å². The van der Waals surface area contributed by atoms with Gasteiger partial charge in [0.25, 0.3) is 0 Å². The summed E-state index contributed by atoms with van der Waals surface area (Å²) in [6.07, 6.45) is 5.73. The average molecular weight is 919 g/mol. The molecule has 60 heavy (non-hydrogen) atoms. The first-order valence-electron chi connectivity index (χ1n) is 20.6. The molecule has 0 aliphatic heterocycles. The molecule has 0 aliphatic rings. The molecule has 2 aromatic heterocycles. The molecule has 300 valence electrons. The van der Waals surface area contributed by atoms with Gasteiger partial charge in [-0.15, -0.1) is 57.9 Å². The molecule has 0 saturated heterocycles. The SMILES string of the molecule is CCc1ccc2[cH-]c(-c3occ4ccccc34)cc2c1-c1ccc(C)cc1.CCc1ccc2[cH-]c(-c3occ4ccccc34)cc2c1-c1ccc(C)cc1.C[Si](C)=[Zr]([Cl])[Cl]. The van der Waals surface area contributed by atoms with E-state index < -0.39 is 18.0 Å². The zero-order valence-corrected chi connectivity index (χ0v) is 40.0. The molecule has 0 saturated carbocycles. The van der Waals surface area contributed by atoms with Crippen LogP contribution in [0.15, 0.2) is 167 Å². The Balaban J connectivity index is 0.000000147. The number of aryl methyl sites for hydroxylation is 4. The summed E-state index contributed by atoms with van der Waals surface area (Å²) in [6, 6.07) is 52.5. The van der Waals surface area contributed by atoms with Gasteiger partial charge >= 0.3 is 53.5 Å². The van der Waals surface area contributed by atoms with Crippen LogP contribution in [0.2, 0.25) is 13.1 Å². The molecule has 0 radical (unpaired) electrons. The van der Waals surface area contributed by atoms with Crippen molar-refractivity contribution in [2.24, 2.45) is 0 Å². The number of halogens is 2. The van der Waals surface area contributed by atoms with Crippen molar-refractivity contribution in [3.63, 3.8) is 0 Å². The molecule has 0 spiro atoms. The Kier molecular flexibility index (Phi) is 13.0. The maximum atomic E-state index is 5.95. The van der Waals surface area contributed by atoms with E-state index in [1.165, 1.54) is 76.8 Å². The summed E-state index contributed by atoms with van der Waals surface area (Å²) in [4.78, 5) is 0. The van der Waals surface area contributed by atoms with Gasteiger partial charge in [0, 0.05) is 10.8 Å². The van der Waals surface area contributed by atoms with Gasteiger partial charge in [0.1, 0.15) is 0 Å². The topological polar surface area (TPSA) is 26.3 Å². The fraction of sp³-hybridized carbons (Fsp3) is 0.148. The third-order valence-corrected chi connectivity index (χ3v) is 31.1.